The smallest absolute Gasteiger partial charge is 0.256 e. The minimum absolute atomic E-state index is 0.0558. The number of benzene rings is 1. The average molecular weight is 326 g/mol. The number of fused-ring (bicyclic) bond motifs is 1. The lowest BCUT2D eigenvalue weighted by atomic mass is 9.97. The molecule has 0 saturated heterocycles. The van der Waals surface area contributed by atoms with Crippen LogP contribution in [0.2, 0.25) is 0 Å². The van der Waals surface area contributed by atoms with E-state index in [1.54, 1.807) is 38.7 Å². The van der Waals surface area contributed by atoms with Gasteiger partial charge >= 0.3 is 0 Å². The molecule has 1 aliphatic rings. The van der Waals surface area contributed by atoms with Crippen molar-refractivity contribution in [2.75, 3.05) is 13.7 Å². The zero-order valence-electron chi connectivity index (χ0n) is 13.8. The second kappa shape index (κ2) is 6.31. The minimum Gasteiger partial charge on any atom is -0.496 e. The molecule has 6 nitrogen and oxygen atoms in total. The highest BCUT2D eigenvalue weighted by atomic mass is 16.5. The summed E-state index contributed by atoms with van der Waals surface area (Å²) >= 11 is 0. The molecule has 0 atom stereocenters. The molecular formula is C18H18N2O4. The van der Waals surface area contributed by atoms with Crippen LogP contribution < -0.4 is 15.0 Å². The number of aromatic nitrogens is 1. The van der Waals surface area contributed by atoms with Gasteiger partial charge in [0.15, 0.2) is 6.29 Å². The van der Waals surface area contributed by atoms with Gasteiger partial charge in [0.05, 0.1) is 25.8 Å². The van der Waals surface area contributed by atoms with Crippen LogP contribution in [0.1, 0.15) is 28.4 Å². The minimum atomic E-state index is -0.0558. The van der Waals surface area contributed by atoms with E-state index in [0.29, 0.717) is 35.8 Å². The molecule has 1 aliphatic heterocycles. The molecule has 0 spiro atoms. The second-order valence-corrected chi connectivity index (χ2v) is 5.46. The molecule has 0 fully saturated rings. The average Bonchev–Trinajstić information content (AvgIpc) is 3.08. The number of methoxy groups -OCH3 is 1. The predicted molar refractivity (Wildman–Crippen MR) is 91.5 cm³/mol. The summed E-state index contributed by atoms with van der Waals surface area (Å²) in [5, 5.41) is 0. The maximum Gasteiger partial charge on any atom is 0.256 e. The van der Waals surface area contributed by atoms with Crippen molar-refractivity contribution in [1.29, 1.82) is 0 Å². The van der Waals surface area contributed by atoms with Crippen LogP contribution in [0.4, 0.5) is 0 Å². The van der Waals surface area contributed by atoms with Crippen molar-refractivity contribution < 1.29 is 14.3 Å². The standard InChI is InChI=1S/C18H18N2O4/c1-4-24-16-6-12(17(23-3)5-11(16)10-21)15-9-20(2)18(22)14-8-19-7-13(14)15/h5-7,9-10H,4,8H2,1-3H3. The number of aliphatic imine (C=N–C) groups is 1. The molecule has 0 radical (unpaired) electrons. The van der Waals surface area contributed by atoms with Gasteiger partial charge in [0, 0.05) is 41.7 Å². The highest BCUT2D eigenvalue weighted by molar-refractivity contribution is 5.96. The van der Waals surface area contributed by atoms with E-state index in [2.05, 4.69) is 4.99 Å². The van der Waals surface area contributed by atoms with Crippen molar-refractivity contribution in [3.63, 3.8) is 0 Å². The molecule has 2 heterocycles. The normalized spacial score (nSPS) is 12.1. The summed E-state index contributed by atoms with van der Waals surface area (Å²) < 4.78 is 12.6. The number of aryl methyl sites for hydroxylation is 1. The van der Waals surface area contributed by atoms with Crippen molar-refractivity contribution >= 4 is 12.5 Å². The summed E-state index contributed by atoms with van der Waals surface area (Å²) in [6.07, 6.45) is 4.20. The van der Waals surface area contributed by atoms with Crippen molar-refractivity contribution in [1.82, 2.24) is 4.57 Å². The highest BCUT2D eigenvalue weighted by Crippen LogP contribution is 2.38. The van der Waals surface area contributed by atoms with Gasteiger partial charge < -0.3 is 14.0 Å². The van der Waals surface area contributed by atoms with E-state index in [1.807, 2.05) is 6.92 Å². The second-order valence-electron chi connectivity index (χ2n) is 5.46. The van der Waals surface area contributed by atoms with Crippen LogP contribution in [0.25, 0.3) is 11.1 Å². The molecule has 0 bridgehead atoms. The van der Waals surface area contributed by atoms with Crippen molar-refractivity contribution in [2.45, 2.75) is 13.5 Å². The van der Waals surface area contributed by atoms with Gasteiger partial charge in [-0.25, -0.2) is 0 Å². The lowest BCUT2D eigenvalue weighted by Gasteiger charge is -2.16. The first-order valence-electron chi connectivity index (χ1n) is 7.63. The Bertz CT molecular complexity index is 897. The van der Waals surface area contributed by atoms with E-state index in [4.69, 9.17) is 9.47 Å². The summed E-state index contributed by atoms with van der Waals surface area (Å²) in [4.78, 5) is 27.8. The molecule has 0 aliphatic carbocycles. The third kappa shape index (κ3) is 2.50. The van der Waals surface area contributed by atoms with Gasteiger partial charge in [-0.1, -0.05) is 0 Å². The number of hydrogen-bond acceptors (Lipinski definition) is 5. The fourth-order valence-corrected chi connectivity index (χ4v) is 2.88. The Morgan fingerprint density at radius 2 is 2.08 bits per heavy atom. The first-order chi connectivity index (χ1) is 11.6. The van der Waals surface area contributed by atoms with Crippen LogP contribution in [-0.4, -0.2) is 30.8 Å². The fourth-order valence-electron chi connectivity index (χ4n) is 2.88. The Morgan fingerprint density at radius 3 is 2.75 bits per heavy atom. The number of ether oxygens (including phenoxy) is 2. The molecule has 24 heavy (non-hydrogen) atoms. The van der Waals surface area contributed by atoms with Gasteiger partial charge in [-0.2, -0.15) is 0 Å². The number of nitrogens with zero attached hydrogens (tertiary/aromatic N) is 2. The number of carbonyl (C=O) groups excluding carboxylic acids is 1. The lowest BCUT2D eigenvalue weighted by Crippen LogP contribution is -2.21. The zero-order chi connectivity index (χ0) is 17.3. The molecule has 0 N–H and O–H groups in total. The van der Waals surface area contributed by atoms with Crippen LogP contribution in [0.15, 0.2) is 28.1 Å². The summed E-state index contributed by atoms with van der Waals surface area (Å²) in [6, 6.07) is 3.43. The van der Waals surface area contributed by atoms with E-state index in [-0.39, 0.29) is 5.56 Å². The number of aldehydes is 1. The Balaban J connectivity index is 2.30. The third-order valence-electron chi connectivity index (χ3n) is 4.04. The van der Waals surface area contributed by atoms with Crippen LogP contribution in [0.3, 0.4) is 0 Å². The van der Waals surface area contributed by atoms with E-state index in [1.165, 1.54) is 4.57 Å². The quantitative estimate of drug-likeness (QED) is 0.790. The van der Waals surface area contributed by atoms with Gasteiger partial charge in [0.25, 0.3) is 5.56 Å². The molecule has 2 aromatic rings. The van der Waals surface area contributed by atoms with E-state index in [9.17, 15) is 9.59 Å². The molecule has 0 amide bonds. The van der Waals surface area contributed by atoms with Crippen molar-refractivity contribution in [2.24, 2.45) is 12.0 Å². The summed E-state index contributed by atoms with van der Waals surface area (Å²) in [7, 11) is 3.25. The number of carbonyl (C=O) groups is 1. The lowest BCUT2D eigenvalue weighted by molar-refractivity contribution is 0.111. The summed E-state index contributed by atoms with van der Waals surface area (Å²) in [5.74, 6) is 1.03. The Labute approximate surface area is 139 Å². The zero-order valence-corrected chi connectivity index (χ0v) is 13.8. The van der Waals surface area contributed by atoms with Gasteiger partial charge in [-0.3, -0.25) is 14.6 Å². The maximum atomic E-state index is 12.2. The molecular weight excluding hydrogens is 308 g/mol. The Kier molecular flexibility index (Phi) is 4.20. The van der Waals surface area contributed by atoms with Crippen LogP contribution >= 0.6 is 0 Å². The first kappa shape index (κ1) is 16.0. The fraction of sp³-hybridized carbons (Fsp3) is 0.278. The highest BCUT2D eigenvalue weighted by Gasteiger charge is 2.21. The number of rotatable bonds is 5. The van der Waals surface area contributed by atoms with Gasteiger partial charge in [0.1, 0.15) is 11.5 Å². The van der Waals surface area contributed by atoms with Crippen molar-refractivity contribution in [3.05, 3.63) is 45.4 Å². The van der Waals surface area contributed by atoms with Crippen LogP contribution in [0, 0.1) is 0 Å². The van der Waals surface area contributed by atoms with Crippen LogP contribution in [0.5, 0.6) is 11.5 Å². The molecule has 0 saturated carbocycles. The SMILES string of the molecule is CCOc1cc(-c2cn(C)c(=O)c3c2C=NC3)c(OC)cc1C=O. The van der Waals surface area contributed by atoms with Crippen molar-refractivity contribution in [3.8, 4) is 22.6 Å². The number of pyridine rings is 1. The Hall–Kier alpha value is -2.89. The summed E-state index contributed by atoms with van der Waals surface area (Å²) in [5.41, 5.74) is 3.40. The molecule has 3 rings (SSSR count). The maximum absolute atomic E-state index is 12.2. The third-order valence-corrected chi connectivity index (χ3v) is 4.04. The van der Waals surface area contributed by atoms with Gasteiger partial charge in [-0.15, -0.1) is 0 Å². The molecule has 6 heteroatoms. The molecule has 0 unspecified atom stereocenters. The van der Waals surface area contributed by atoms with Gasteiger partial charge in [0.2, 0.25) is 0 Å². The molecule has 124 valence electrons. The van der Waals surface area contributed by atoms with E-state index < -0.39 is 0 Å². The van der Waals surface area contributed by atoms with Crippen LogP contribution in [-0.2, 0) is 13.6 Å². The van der Waals surface area contributed by atoms with E-state index >= 15 is 0 Å². The predicted octanol–water partition coefficient (Wildman–Crippen LogP) is 2.20. The van der Waals surface area contributed by atoms with E-state index in [0.717, 1.165) is 23.0 Å². The monoisotopic (exact) mass is 326 g/mol. The number of hydrogen-bond donors (Lipinski definition) is 0. The molecule has 1 aromatic heterocycles. The molecule has 1 aromatic carbocycles. The van der Waals surface area contributed by atoms with Gasteiger partial charge in [-0.05, 0) is 19.1 Å². The largest absolute Gasteiger partial charge is 0.496 e. The first-order valence-corrected chi connectivity index (χ1v) is 7.63. The summed E-state index contributed by atoms with van der Waals surface area (Å²) in [6.45, 7) is 2.68. The Morgan fingerprint density at radius 1 is 1.29 bits per heavy atom. The topological polar surface area (TPSA) is 69.9 Å².